The second kappa shape index (κ2) is 6.11. The molecule has 0 spiro atoms. The predicted molar refractivity (Wildman–Crippen MR) is 76.4 cm³/mol. The van der Waals surface area contributed by atoms with Crippen LogP contribution in [0, 0.1) is 0 Å². The van der Waals surface area contributed by atoms with Gasteiger partial charge < -0.3 is 10.2 Å². The van der Waals surface area contributed by atoms with Crippen molar-refractivity contribution in [2.24, 2.45) is 0 Å². The number of hydrogen-bond donors (Lipinski definition) is 1. The van der Waals surface area contributed by atoms with Gasteiger partial charge in [0, 0.05) is 11.4 Å². The van der Waals surface area contributed by atoms with Crippen molar-refractivity contribution in [2.45, 2.75) is 12.2 Å². The minimum atomic E-state index is -4.33. The zero-order valence-electron chi connectivity index (χ0n) is 10.9. The smallest absolute Gasteiger partial charge is 0.360 e. The quantitative estimate of drug-likeness (QED) is 0.904. The van der Waals surface area contributed by atoms with Crippen LogP contribution in [0.15, 0.2) is 23.7 Å². The molecule has 0 aromatic carbocycles. The number of likely N-dealkylation sites (N-methyl/N-ethyl adjacent to an activating group) is 1. The number of rotatable bonds is 5. The van der Waals surface area contributed by atoms with Gasteiger partial charge in [-0.1, -0.05) is 17.4 Å². The molecule has 0 saturated carbocycles. The Morgan fingerprint density at radius 3 is 2.65 bits per heavy atom. The molecule has 0 aliphatic rings. The van der Waals surface area contributed by atoms with E-state index in [1.807, 2.05) is 36.5 Å². The van der Waals surface area contributed by atoms with E-state index in [4.69, 9.17) is 0 Å². The van der Waals surface area contributed by atoms with E-state index in [-0.39, 0.29) is 6.04 Å². The average Bonchev–Trinajstić information content (AvgIpc) is 2.97. The first kappa shape index (κ1) is 15.3. The third-order valence-electron chi connectivity index (χ3n) is 2.73. The van der Waals surface area contributed by atoms with Crippen molar-refractivity contribution in [3.8, 4) is 0 Å². The van der Waals surface area contributed by atoms with Gasteiger partial charge in [0.15, 0.2) is 5.13 Å². The molecule has 0 aliphatic carbocycles. The van der Waals surface area contributed by atoms with Gasteiger partial charge in [0.25, 0.3) is 0 Å². The molecule has 2 aromatic heterocycles. The molecule has 0 amide bonds. The number of nitrogens with one attached hydrogen (secondary N) is 1. The number of thiazole rings is 1. The second-order valence-corrected chi connectivity index (χ2v) is 6.41. The molecular formula is C12H14F3N3S2. The van der Waals surface area contributed by atoms with Crippen molar-refractivity contribution in [3.63, 3.8) is 0 Å². The summed E-state index contributed by atoms with van der Waals surface area (Å²) in [7, 11) is 3.88. The fourth-order valence-corrected chi connectivity index (χ4v) is 3.30. The predicted octanol–water partition coefficient (Wildman–Crippen LogP) is 3.94. The molecule has 1 unspecified atom stereocenters. The molecular weight excluding hydrogens is 307 g/mol. The Morgan fingerprint density at radius 1 is 1.40 bits per heavy atom. The van der Waals surface area contributed by atoms with Crippen LogP contribution in [0.2, 0.25) is 0 Å². The highest BCUT2D eigenvalue weighted by atomic mass is 32.1. The maximum absolute atomic E-state index is 12.5. The van der Waals surface area contributed by atoms with Crippen LogP contribution >= 0.6 is 22.7 Å². The molecule has 0 saturated heterocycles. The normalized spacial score (nSPS) is 13.7. The Bertz CT molecular complexity index is 534. The average molecular weight is 321 g/mol. The summed E-state index contributed by atoms with van der Waals surface area (Å²) < 4.78 is 37.5. The molecule has 3 nitrogen and oxygen atoms in total. The Balaban J connectivity index is 2.01. The van der Waals surface area contributed by atoms with Crippen molar-refractivity contribution in [2.75, 3.05) is 26.0 Å². The van der Waals surface area contributed by atoms with Gasteiger partial charge in [-0.3, -0.25) is 0 Å². The summed E-state index contributed by atoms with van der Waals surface area (Å²) >= 11 is 2.25. The van der Waals surface area contributed by atoms with Crippen LogP contribution in [0.5, 0.6) is 0 Å². The molecule has 1 atom stereocenters. The van der Waals surface area contributed by atoms with E-state index in [9.17, 15) is 13.2 Å². The molecule has 2 rings (SSSR count). The van der Waals surface area contributed by atoms with E-state index in [2.05, 4.69) is 10.3 Å². The Morgan fingerprint density at radius 2 is 2.15 bits per heavy atom. The lowest BCUT2D eigenvalue weighted by molar-refractivity contribution is -0.134. The van der Waals surface area contributed by atoms with E-state index >= 15 is 0 Å². The Hall–Kier alpha value is -1.12. The minimum Gasteiger partial charge on any atom is -0.360 e. The summed E-state index contributed by atoms with van der Waals surface area (Å²) in [6.45, 7) is 0.512. The van der Waals surface area contributed by atoms with Crippen molar-refractivity contribution >= 4 is 27.8 Å². The Kier molecular flexibility index (Phi) is 4.66. The van der Waals surface area contributed by atoms with Crippen LogP contribution < -0.4 is 5.32 Å². The number of anilines is 1. The van der Waals surface area contributed by atoms with E-state index in [1.165, 1.54) is 0 Å². The first-order chi connectivity index (χ1) is 9.38. The van der Waals surface area contributed by atoms with Gasteiger partial charge in [0.05, 0.1) is 12.2 Å². The zero-order chi connectivity index (χ0) is 14.8. The fourth-order valence-electron chi connectivity index (χ4n) is 1.69. The van der Waals surface area contributed by atoms with E-state index < -0.39 is 11.1 Å². The largest absolute Gasteiger partial charge is 0.427 e. The molecule has 0 bridgehead atoms. The molecule has 1 N–H and O–H groups in total. The molecule has 0 fully saturated rings. The fraction of sp³-hybridized carbons (Fsp3) is 0.417. The summed E-state index contributed by atoms with van der Waals surface area (Å²) in [4.78, 5) is 6.27. The first-order valence-corrected chi connectivity index (χ1v) is 7.54. The summed E-state index contributed by atoms with van der Waals surface area (Å²) in [5.41, 5.74) is 0. The molecule has 2 heterocycles. The van der Waals surface area contributed by atoms with Crippen molar-refractivity contribution in [3.05, 3.63) is 33.5 Å². The molecule has 2 aromatic rings. The van der Waals surface area contributed by atoms with Crippen molar-refractivity contribution in [1.29, 1.82) is 0 Å². The number of alkyl halides is 3. The summed E-state index contributed by atoms with van der Waals surface area (Å²) in [6.07, 6.45) is -3.46. The van der Waals surface area contributed by atoms with E-state index in [1.54, 1.807) is 11.3 Å². The molecule has 20 heavy (non-hydrogen) atoms. The second-order valence-electron chi connectivity index (χ2n) is 4.40. The van der Waals surface area contributed by atoms with Crippen LogP contribution in [0.4, 0.5) is 18.3 Å². The SMILES string of the molecule is CN(C)C(CNc1ncc(C(F)(F)F)s1)c1cccs1. The number of aromatic nitrogens is 1. The van der Waals surface area contributed by atoms with Crippen LogP contribution in [0.1, 0.15) is 15.8 Å². The number of hydrogen-bond acceptors (Lipinski definition) is 5. The minimum absolute atomic E-state index is 0.105. The van der Waals surface area contributed by atoms with Crippen LogP contribution in [-0.4, -0.2) is 30.5 Å². The molecule has 8 heteroatoms. The number of thiophene rings is 1. The van der Waals surface area contributed by atoms with Crippen LogP contribution in [0.25, 0.3) is 0 Å². The highest BCUT2D eigenvalue weighted by molar-refractivity contribution is 7.15. The van der Waals surface area contributed by atoms with Gasteiger partial charge in [-0.15, -0.1) is 11.3 Å². The molecule has 0 radical (unpaired) electrons. The zero-order valence-corrected chi connectivity index (χ0v) is 12.6. The maximum atomic E-state index is 12.5. The van der Waals surface area contributed by atoms with Crippen molar-refractivity contribution < 1.29 is 13.2 Å². The van der Waals surface area contributed by atoms with E-state index in [0.717, 1.165) is 11.1 Å². The van der Waals surface area contributed by atoms with Crippen LogP contribution in [-0.2, 0) is 6.18 Å². The van der Waals surface area contributed by atoms with Gasteiger partial charge in [0.2, 0.25) is 0 Å². The molecule has 0 aliphatic heterocycles. The highest BCUT2D eigenvalue weighted by Crippen LogP contribution is 2.35. The van der Waals surface area contributed by atoms with Crippen molar-refractivity contribution in [1.82, 2.24) is 9.88 Å². The number of nitrogens with zero attached hydrogens (tertiary/aromatic N) is 2. The lowest BCUT2D eigenvalue weighted by atomic mass is 10.2. The summed E-state index contributed by atoms with van der Waals surface area (Å²) in [5, 5.41) is 5.25. The summed E-state index contributed by atoms with van der Waals surface area (Å²) in [6, 6.07) is 4.08. The Labute approximate surface area is 123 Å². The standard InChI is InChI=1S/C12H14F3N3S2/c1-18(2)8(9-4-3-5-19-9)6-16-11-17-7-10(20-11)12(13,14)15/h3-5,7-8H,6H2,1-2H3,(H,16,17). The highest BCUT2D eigenvalue weighted by Gasteiger charge is 2.33. The van der Waals surface area contributed by atoms with Gasteiger partial charge in [-0.25, -0.2) is 4.98 Å². The topological polar surface area (TPSA) is 28.2 Å². The van der Waals surface area contributed by atoms with Gasteiger partial charge in [-0.2, -0.15) is 13.2 Å². The van der Waals surface area contributed by atoms with Gasteiger partial charge in [-0.05, 0) is 25.5 Å². The third kappa shape index (κ3) is 3.71. The maximum Gasteiger partial charge on any atom is 0.427 e. The van der Waals surface area contributed by atoms with Crippen LogP contribution in [0.3, 0.4) is 0 Å². The first-order valence-electron chi connectivity index (χ1n) is 5.84. The number of halogens is 3. The van der Waals surface area contributed by atoms with E-state index in [0.29, 0.717) is 23.0 Å². The molecule has 110 valence electrons. The lowest BCUT2D eigenvalue weighted by Gasteiger charge is -2.23. The van der Waals surface area contributed by atoms with Gasteiger partial charge in [0.1, 0.15) is 4.88 Å². The third-order valence-corrected chi connectivity index (χ3v) is 4.70. The van der Waals surface area contributed by atoms with Gasteiger partial charge >= 0.3 is 6.18 Å². The monoisotopic (exact) mass is 321 g/mol. The lowest BCUT2D eigenvalue weighted by Crippen LogP contribution is -2.26. The summed E-state index contributed by atoms with van der Waals surface area (Å²) in [5.74, 6) is 0.